The van der Waals surface area contributed by atoms with Crippen LogP contribution >= 0.6 is 0 Å². The molecule has 0 saturated carbocycles. The first-order valence-electron chi connectivity index (χ1n) is 9.02. The maximum atomic E-state index is 12.6. The zero-order valence-electron chi connectivity index (χ0n) is 15.3. The number of pyridine rings is 1. The largest absolute Gasteiger partial charge is 0.350 e. The Bertz CT molecular complexity index is 592. The average molecular weight is 331 g/mol. The topological polar surface area (TPSA) is 62.3 Å². The number of nitrogens with one attached hydrogen (secondary N) is 1. The van der Waals surface area contributed by atoms with E-state index >= 15 is 0 Å². The third-order valence-electron chi connectivity index (χ3n) is 4.84. The molecule has 1 N–H and O–H groups in total. The normalized spacial score (nSPS) is 16.8. The molecule has 1 atom stereocenters. The minimum atomic E-state index is -0.0427. The Kier molecular flexibility index (Phi) is 6.35. The predicted octanol–water partition coefficient (Wildman–Crippen LogP) is 3.03. The van der Waals surface area contributed by atoms with E-state index in [1.165, 1.54) is 0 Å². The van der Waals surface area contributed by atoms with Crippen molar-refractivity contribution in [2.75, 3.05) is 13.1 Å². The van der Waals surface area contributed by atoms with Crippen molar-refractivity contribution in [3.8, 4) is 0 Å². The molecule has 2 amide bonds. The quantitative estimate of drug-likeness (QED) is 0.902. The van der Waals surface area contributed by atoms with Gasteiger partial charge in [0, 0.05) is 37.2 Å². The van der Waals surface area contributed by atoms with Crippen LogP contribution < -0.4 is 5.32 Å². The van der Waals surface area contributed by atoms with Crippen LogP contribution in [0.2, 0.25) is 0 Å². The summed E-state index contributed by atoms with van der Waals surface area (Å²) in [6.07, 6.45) is 3.19. The number of carbonyl (C=O) groups is 2. The van der Waals surface area contributed by atoms with Gasteiger partial charge in [-0.1, -0.05) is 13.8 Å². The number of aryl methyl sites for hydroxylation is 1. The van der Waals surface area contributed by atoms with Crippen LogP contribution in [0.4, 0.5) is 0 Å². The molecule has 1 aliphatic heterocycles. The fourth-order valence-corrected chi connectivity index (χ4v) is 3.11. The van der Waals surface area contributed by atoms with Crippen LogP contribution in [0.5, 0.6) is 0 Å². The molecule has 1 unspecified atom stereocenters. The van der Waals surface area contributed by atoms with Crippen molar-refractivity contribution in [1.29, 1.82) is 0 Å². The molecule has 24 heavy (non-hydrogen) atoms. The lowest BCUT2D eigenvalue weighted by atomic mass is 9.89. The molecule has 0 radical (unpaired) electrons. The van der Waals surface area contributed by atoms with Crippen LogP contribution in [0.1, 0.15) is 74.1 Å². The number of piperidine rings is 1. The summed E-state index contributed by atoms with van der Waals surface area (Å²) >= 11 is 0. The Hall–Kier alpha value is -1.91. The van der Waals surface area contributed by atoms with Crippen molar-refractivity contribution in [2.45, 2.75) is 65.3 Å². The van der Waals surface area contributed by atoms with Crippen LogP contribution in [0, 0.1) is 6.92 Å². The molecule has 0 spiro atoms. The molecule has 1 aromatic heterocycles. The number of rotatable bonds is 5. The Morgan fingerprint density at radius 1 is 1.29 bits per heavy atom. The monoisotopic (exact) mass is 331 g/mol. The van der Waals surface area contributed by atoms with Crippen molar-refractivity contribution in [1.82, 2.24) is 15.2 Å². The molecule has 1 saturated heterocycles. The SMILES string of the molecule is CCC(=O)N1CCC(c2nc(C)ccc2C(=O)NC(C)CC)CC1. The second-order valence-corrected chi connectivity index (χ2v) is 6.68. The molecule has 5 heteroatoms. The summed E-state index contributed by atoms with van der Waals surface area (Å²) in [7, 11) is 0. The zero-order valence-corrected chi connectivity index (χ0v) is 15.3. The molecule has 132 valence electrons. The Morgan fingerprint density at radius 3 is 2.54 bits per heavy atom. The third-order valence-corrected chi connectivity index (χ3v) is 4.84. The van der Waals surface area contributed by atoms with Gasteiger partial charge < -0.3 is 10.2 Å². The first-order chi connectivity index (χ1) is 11.5. The fraction of sp³-hybridized carbons (Fsp3) is 0.632. The van der Waals surface area contributed by atoms with Gasteiger partial charge in [-0.25, -0.2) is 0 Å². The minimum absolute atomic E-state index is 0.0427. The Labute approximate surface area is 144 Å². The summed E-state index contributed by atoms with van der Waals surface area (Å²) < 4.78 is 0. The van der Waals surface area contributed by atoms with Gasteiger partial charge in [0.15, 0.2) is 0 Å². The van der Waals surface area contributed by atoms with Gasteiger partial charge in [0.05, 0.1) is 11.3 Å². The highest BCUT2D eigenvalue weighted by atomic mass is 16.2. The molecule has 2 heterocycles. The average Bonchev–Trinajstić information content (AvgIpc) is 2.60. The van der Waals surface area contributed by atoms with Crippen molar-refractivity contribution in [3.05, 3.63) is 29.1 Å². The van der Waals surface area contributed by atoms with Gasteiger partial charge in [0.1, 0.15) is 0 Å². The van der Waals surface area contributed by atoms with Crippen LogP contribution in [-0.2, 0) is 4.79 Å². The molecule has 1 aliphatic rings. The van der Waals surface area contributed by atoms with Crippen LogP contribution in [0.25, 0.3) is 0 Å². The Morgan fingerprint density at radius 2 is 1.96 bits per heavy atom. The fourth-order valence-electron chi connectivity index (χ4n) is 3.11. The number of carbonyl (C=O) groups excluding carboxylic acids is 2. The number of likely N-dealkylation sites (tertiary alicyclic amines) is 1. The van der Waals surface area contributed by atoms with Gasteiger partial charge in [-0.2, -0.15) is 0 Å². The van der Waals surface area contributed by atoms with E-state index < -0.39 is 0 Å². The van der Waals surface area contributed by atoms with E-state index in [0.29, 0.717) is 12.0 Å². The maximum Gasteiger partial charge on any atom is 0.253 e. The van der Waals surface area contributed by atoms with Crippen LogP contribution in [0.15, 0.2) is 12.1 Å². The highest BCUT2D eigenvalue weighted by Gasteiger charge is 2.27. The summed E-state index contributed by atoms with van der Waals surface area (Å²) in [4.78, 5) is 31.0. The van der Waals surface area contributed by atoms with Gasteiger partial charge in [-0.15, -0.1) is 0 Å². The summed E-state index contributed by atoms with van der Waals surface area (Å²) in [6.45, 7) is 9.41. The van der Waals surface area contributed by atoms with Crippen LogP contribution in [0.3, 0.4) is 0 Å². The molecule has 2 rings (SSSR count). The molecule has 5 nitrogen and oxygen atoms in total. The highest BCUT2D eigenvalue weighted by Crippen LogP contribution is 2.29. The predicted molar refractivity (Wildman–Crippen MR) is 95.0 cm³/mol. The van der Waals surface area contributed by atoms with E-state index in [0.717, 1.165) is 43.7 Å². The molecular formula is C19H29N3O2. The van der Waals surface area contributed by atoms with Gasteiger partial charge >= 0.3 is 0 Å². The lowest BCUT2D eigenvalue weighted by Gasteiger charge is -2.32. The first-order valence-corrected chi connectivity index (χ1v) is 9.02. The molecule has 1 aromatic rings. The second kappa shape index (κ2) is 8.27. The summed E-state index contributed by atoms with van der Waals surface area (Å²) in [5, 5.41) is 3.04. The van der Waals surface area contributed by atoms with E-state index in [1.54, 1.807) is 0 Å². The lowest BCUT2D eigenvalue weighted by molar-refractivity contribution is -0.131. The van der Waals surface area contributed by atoms with Gasteiger partial charge in [0.25, 0.3) is 5.91 Å². The number of hydrogen-bond donors (Lipinski definition) is 1. The van der Waals surface area contributed by atoms with Crippen molar-refractivity contribution in [2.24, 2.45) is 0 Å². The molecular weight excluding hydrogens is 302 g/mol. The second-order valence-electron chi connectivity index (χ2n) is 6.68. The van der Waals surface area contributed by atoms with Gasteiger partial charge in [-0.3, -0.25) is 14.6 Å². The maximum absolute atomic E-state index is 12.6. The van der Waals surface area contributed by atoms with E-state index in [1.807, 2.05) is 37.8 Å². The summed E-state index contributed by atoms with van der Waals surface area (Å²) in [6, 6.07) is 3.93. The summed E-state index contributed by atoms with van der Waals surface area (Å²) in [5.41, 5.74) is 2.50. The van der Waals surface area contributed by atoms with E-state index in [4.69, 9.17) is 0 Å². The van der Waals surface area contributed by atoms with Crippen molar-refractivity contribution in [3.63, 3.8) is 0 Å². The third kappa shape index (κ3) is 4.34. The number of hydrogen-bond acceptors (Lipinski definition) is 3. The molecule has 0 aliphatic carbocycles. The van der Waals surface area contributed by atoms with Crippen molar-refractivity contribution < 1.29 is 9.59 Å². The Balaban J connectivity index is 2.16. The van der Waals surface area contributed by atoms with Gasteiger partial charge in [0.2, 0.25) is 5.91 Å². The van der Waals surface area contributed by atoms with Crippen molar-refractivity contribution >= 4 is 11.8 Å². The number of nitrogens with zero attached hydrogens (tertiary/aromatic N) is 2. The zero-order chi connectivity index (χ0) is 17.7. The smallest absolute Gasteiger partial charge is 0.253 e. The van der Waals surface area contributed by atoms with E-state index in [2.05, 4.69) is 17.2 Å². The molecule has 0 bridgehead atoms. The number of amides is 2. The standard InChI is InChI=1S/C19H29N3O2/c1-5-13(3)21-19(24)16-8-7-14(4)20-18(16)15-9-11-22(12-10-15)17(23)6-2/h7-8,13,15H,5-6,9-12H2,1-4H3,(H,21,24). The highest BCUT2D eigenvalue weighted by molar-refractivity contribution is 5.95. The van der Waals surface area contributed by atoms with E-state index in [9.17, 15) is 9.59 Å². The molecule has 1 fully saturated rings. The van der Waals surface area contributed by atoms with Gasteiger partial charge in [-0.05, 0) is 45.2 Å². The van der Waals surface area contributed by atoms with Crippen LogP contribution in [-0.4, -0.2) is 40.8 Å². The number of aromatic nitrogens is 1. The lowest BCUT2D eigenvalue weighted by Crippen LogP contribution is -2.38. The summed E-state index contributed by atoms with van der Waals surface area (Å²) in [5.74, 6) is 0.405. The first kappa shape index (κ1) is 18.4. The minimum Gasteiger partial charge on any atom is -0.350 e. The van der Waals surface area contributed by atoms with E-state index in [-0.39, 0.29) is 23.8 Å². The molecule has 0 aromatic carbocycles.